The van der Waals surface area contributed by atoms with Gasteiger partial charge in [0.25, 0.3) is 0 Å². The third-order valence-corrected chi connectivity index (χ3v) is 4.03. The van der Waals surface area contributed by atoms with Crippen LogP contribution >= 0.6 is 0 Å². The molecule has 0 bridgehead atoms. The van der Waals surface area contributed by atoms with Crippen molar-refractivity contribution < 1.29 is 9.32 Å². The molecule has 1 N–H and O–H groups in total. The summed E-state index contributed by atoms with van der Waals surface area (Å²) in [6.07, 6.45) is 1.89. The van der Waals surface area contributed by atoms with Crippen molar-refractivity contribution in [1.82, 2.24) is 10.5 Å². The van der Waals surface area contributed by atoms with E-state index in [4.69, 9.17) is 4.52 Å². The molecule has 0 unspecified atom stereocenters. The van der Waals surface area contributed by atoms with Crippen molar-refractivity contribution in [3.63, 3.8) is 0 Å². The van der Waals surface area contributed by atoms with Crippen molar-refractivity contribution in [2.75, 3.05) is 0 Å². The number of amides is 1. The molecule has 0 spiro atoms. The molecule has 0 saturated carbocycles. The van der Waals surface area contributed by atoms with Gasteiger partial charge in [0.2, 0.25) is 5.91 Å². The van der Waals surface area contributed by atoms with Gasteiger partial charge in [-0.15, -0.1) is 0 Å². The van der Waals surface area contributed by atoms with Crippen molar-refractivity contribution in [2.24, 2.45) is 0 Å². The third-order valence-electron chi connectivity index (χ3n) is 4.03. The minimum absolute atomic E-state index is 0.00701. The smallest absolute Gasteiger partial charge is 0.221 e. The summed E-state index contributed by atoms with van der Waals surface area (Å²) in [5, 5.41) is 6.71. The lowest BCUT2D eigenvalue weighted by molar-refractivity contribution is -0.121. The van der Waals surface area contributed by atoms with E-state index in [2.05, 4.69) is 53.8 Å². The van der Waals surface area contributed by atoms with E-state index in [1.165, 1.54) is 11.8 Å². The number of aryl methyl sites for hydroxylation is 1. The quantitative estimate of drug-likeness (QED) is 0.751. The molecule has 1 heterocycles. The molecule has 0 aliphatic rings. The molecule has 0 saturated heterocycles. The van der Waals surface area contributed by atoms with Gasteiger partial charge in [-0.25, -0.2) is 0 Å². The number of benzene rings is 2. The zero-order valence-corrected chi connectivity index (χ0v) is 13.6. The average Bonchev–Trinajstić information content (AvgIpc) is 3.13. The molecular weight excluding hydrogens is 300 g/mol. The van der Waals surface area contributed by atoms with Gasteiger partial charge in [0.1, 0.15) is 12.0 Å². The minimum Gasteiger partial charge on any atom is -0.364 e. The molecule has 0 aliphatic heterocycles. The molecule has 0 aliphatic carbocycles. The van der Waals surface area contributed by atoms with Gasteiger partial charge < -0.3 is 9.84 Å². The number of hydrogen-bond donors (Lipinski definition) is 1. The summed E-state index contributed by atoms with van der Waals surface area (Å²) in [4.78, 5) is 12.4. The van der Waals surface area contributed by atoms with E-state index in [-0.39, 0.29) is 11.8 Å². The van der Waals surface area contributed by atoms with Crippen molar-refractivity contribution in [1.29, 1.82) is 0 Å². The molecule has 1 atom stereocenters. The van der Waals surface area contributed by atoms with Crippen molar-refractivity contribution in [3.05, 3.63) is 89.3 Å². The molecule has 0 radical (unpaired) electrons. The molecule has 122 valence electrons. The van der Waals surface area contributed by atoms with Crippen LogP contribution in [0.25, 0.3) is 0 Å². The monoisotopic (exact) mass is 320 g/mol. The van der Waals surface area contributed by atoms with Crippen molar-refractivity contribution in [3.8, 4) is 0 Å². The largest absolute Gasteiger partial charge is 0.364 e. The van der Waals surface area contributed by atoms with E-state index < -0.39 is 0 Å². The molecule has 4 heteroatoms. The van der Waals surface area contributed by atoms with Gasteiger partial charge >= 0.3 is 0 Å². The lowest BCUT2D eigenvalue weighted by Crippen LogP contribution is -2.25. The van der Waals surface area contributed by atoms with Gasteiger partial charge in [-0.2, -0.15) is 0 Å². The third kappa shape index (κ3) is 4.10. The summed E-state index contributed by atoms with van der Waals surface area (Å²) >= 11 is 0. The molecular formula is C20H20N2O2. The maximum atomic E-state index is 12.4. The number of nitrogens with zero attached hydrogens (tertiary/aromatic N) is 1. The summed E-state index contributed by atoms with van der Waals surface area (Å²) in [6.45, 7) is 2.44. The van der Waals surface area contributed by atoms with Gasteiger partial charge in [0, 0.05) is 18.4 Å². The molecule has 1 aromatic heterocycles. The van der Waals surface area contributed by atoms with Crippen molar-refractivity contribution in [2.45, 2.75) is 25.8 Å². The topological polar surface area (TPSA) is 55.1 Å². The van der Waals surface area contributed by atoms with Gasteiger partial charge in [-0.1, -0.05) is 65.3 Å². The fraction of sp³-hybridized carbons (Fsp3) is 0.200. The zero-order chi connectivity index (χ0) is 16.8. The Balaban J connectivity index is 1.74. The van der Waals surface area contributed by atoms with E-state index in [1.807, 2.05) is 18.2 Å². The molecule has 2 aromatic carbocycles. The second-order valence-corrected chi connectivity index (χ2v) is 5.85. The van der Waals surface area contributed by atoms with E-state index in [1.54, 1.807) is 6.07 Å². The second kappa shape index (κ2) is 7.59. The Morgan fingerprint density at radius 3 is 2.42 bits per heavy atom. The maximum absolute atomic E-state index is 12.4. The average molecular weight is 320 g/mol. The predicted octanol–water partition coefficient (Wildman–Crippen LogP) is 3.82. The highest BCUT2D eigenvalue weighted by atomic mass is 16.5. The van der Waals surface area contributed by atoms with Gasteiger partial charge in [0.05, 0.1) is 6.54 Å². The number of hydrogen-bond acceptors (Lipinski definition) is 3. The summed E-state index contributed by atoms with van der Waals surface area (Å²) in [5.41, 5.74) is 4.21. The van der Waals surface area contributed by atoms with Crippen LogP contribution in [0.1, 0.15) is 34.7 Å². The Labute approximate surface area is 141 Å². The van der Waals surface area contributed by atoms with Crippen molar-refractivity contribution >= 4 is 5.91 Å². The molecule has 0 fully saturated rings. The first kappa shape index (κ1) is 16.0. The standard InChI is InChI=1S/C20H20N2O2/c1-15-7-9-17(10-8-15)19(16-5-3-2-4-6-16)13-20(23)21-14-18-11-12-24-22-18/h2-12,19H,13-14H2,1H3,(H,21,23)/t19-/m1/s1. The van der Waals surface area contributed by atoms with Gasteiger partial charge in [0.15, 0.2) is 0 Å². The van der Waals surface area contributed by atoms with E-state index >= 15 is 0 Å². The van der Waals surface area contributed by atoms with E-state index in [9.17, 15) is 4.79 Å². The molecule has 1 amide bonds. The fourth-order valence-electron chi connectivity index (χ4n) is 2.69. The first-order valence-electron chi connectivity index (χ1n) is 8.00. The molecule has 24 heavy (non-hydrogen) atoms. The number of aromatic nitrogens is 1. The van der Waals surface area contributed by atoms with E-state index in [0.29, 0.717) is 13.0 Å². The summed E-state index contributed by atoms with van der Waals surface area (Å²) in [6, 6.07) is 20.2. The van der Waals surface area contributed by atoms with Gasteiger partial charge in [-0.3, -0.25) is 4.79 Å². The van der Waals surface area contributed by atoms with Crippen LogP contribution < -0.4 is 5.32 Å². The highest BCUT2D eigenvalue weighted by molar-refractivity contribution is 5.77. The maximum Gasteiger partial charge on any atom is 0.221 e. The molecule has 3 aromatic rings. The van der Waals surface area contributed by atoms with Crippen LogP contribution in [0.3, 0.4) is 0 Å². The van der Waals surface area contributed by atoms with Crippen LogP contribution in [0.5, 0.6) is 0 Å². The number of carbonyl (C=O) groups excluding carboxylic acids is 1. The first-order chi connectivity index (χ1) is 11.7. The minimum atomic E-state index is -0.00701. The normalized spacial score (nSPS) is 11.9. The Morgan fingerprint density at radius 1 is 1.04 bits per heavy atom. The molecule has 3 rings (SSSR count). The van der Waals surface area contributed by atoms with Crippen LogP contribution in [0.15, 0.2) is 71.4 Å². The highest BCUT2D eigenvalue weighted by Crippen LogP contribution is 2.28. The van der Waals surface area contributed by atoms with Crippen LogP contribution in [-0.4, -0.2) is 11.1 Å². The lowest BCUT2D eigenvalue weighted by Gasteiger charge is -2.18. The lowest BCUT2D eigenvalue weighted by atomic mass is 9.88. The Hall–Kier alpha value is -2.88. The zero-order valence-electron chi connectivity index (χ0n) is 13.6. The Bertz CT molecular complexity index is 765. The number of nitrogens with one attached hydrogen (secondary N) is 1. The van der Waals surface area contributed by atoms with Crippen LogP contribution in [0.2, 0.25) is 0 Å². The summed E-state index contributed by atoms with van der Waals surface area (Å²) < 4.78 is 4.78. The summed E-state index contributed by atoms with van der Waals surface area (Å²) in [7, 11) is 0. The second-order valence-electron chi connectivity index (χ2n) is 5.85. The van der Waals surface area contributed by atoms with Gasteiger partial charge in [-0.05, 0) is 18.1 Å². The molecule has 4 nitrogen and oxygen atoms in total. The van der Waals surface area contributed by atoms with E-state index in [0.717, 1.165) is 16.8 Å². The highest BCUT2D eigenvalue weighted by Gasteiger charge is 2.18. The Morgan fingerprint density at radius 2 is 1.75 bits per heavy atom. The Kier molecular flexibility index (Phi) is 5.06. The summed E-state index contributed by atoms with van der Waals surface area (Å²) in [5.74, 6) is 0.0246. The van der Waals surface area contributed by atoms with Crippen LogP contribution in [0.4, 0.5) is 0 Å². The number of rotatable bonds is 6. The predicted molar refractivity (Wildman–Crippen MR) is 92.4 cm³/mol. The first-order valence-corrected chi connectivity index (χ1v) is 8.00. The SMILES string of the molecule is Cc1ccc([C@H](CC(=O)NCc2ccon2)c2ccccc2)cc1. The number of carbonyl (C=O) groups is 1. The van der Waals surface area contributed by atoms with Crippen LogP contribution in [-0.2, 0) is 11.3 Å². The fourth-order valence-corrected chi connectivity index (χ4v) is 2.69. The van der Waals surface area contributed by atoms with Crippen LogP contribution in [0, 0.1) is 6.92 Å².